The van der Waals surface area contributed by atoms with Crippen LogP contribution in [0, 0.1) is 6.57 Å². The Kier molecular flexibility index (Phi) is 4.77. The molecule has 4 nitrogen and oxygen atoms in total. The quantitative estimate of drug-likeness (QED) is 0.375. The standard InChI is InChI=1S/C13H13NO3/c1-3-17-13(16)12(14-2)11(15)9-10-7-5-4-6-8-10/h4-8,15H,3,9H2,1H3/b12-11-. The second-order valence-electron chi connectivity index (χ2n) is 3.29. The summed E-state index contributed by atoms with van der Waals surface area (Å²) in [6, 6.07) is 9.12. The molecular weight excluding hydrogens is 218 g/mol. The predicted molar refractivity (Wildman–Crippen MR) is 63.0 cm³/mol. The second kappa shape index (κ2) is 6.33. The van der Waals surface area contributed by atoms with Crippen LogP contribution in [0.1, 0.15) is 12.5 Å². The molecule has 0 saturated heterocycles. The lowest BCUT2D eigenvalue weighted by molar-refractivity contribution is -0.138. The smallest absolute Gasteiger partial charge is 0.339 e. The number of aliphatic hydroxyl groups is 1. The molecule has 0 radical (unpaired) electrons. The lowest BCUT2D eigenvalue weighted by atomic mass is 10.1. The first-order chi connectivity index (χ1) is 8.19. The highest BCUT2D eigenvalue weighted by Crippen LogP contribution is 2.12. The molecule has 4 heteroatoms. The third-order valence-electron chi connectivity index (χ3n) is 2.07. The summed E-state index contributed by atoms with van der Waals surface area (Å²) in [6.07, 6.45) is 0.150. The average Bonchev–Trinajstić information content (AvgIpc) is 2.31. The molecule has 1 aromatic carbocycles. The second-order valence-corrected chi connectivity index (χ2v) is 3.29. The number of aliphatic hydroxyl groups excluding tert-OH is 1. The Morgan fingerprint density at radius 3 is 2.59 bits per heavy atom. The number of ether oxygens (including phenoxy) is 1. The Morgan fingerprint density at radius 2 is 2.06 bits per heavy atom. The van der Waals surface area contributed by atoms with Gasteiger partial charge in [-0.2, -0.15) is 0 Å². The van der Waals surface area contributed by atoms with Gasteiger partial charge < -0.3 is 9.84 Å². The molecule has 0 atom stereocenters. The molecule has 1 rings (SSSR count). The molecule has 0 fully saturated rings. The fourth-order valence-electron chi connectivity index (χ4n) is 1.30. The topological polar surface area (TPSA) is 50.9 Å². The first kappa shape index (κ1) is 12.8. The molecule has 0 spiro atoms. The first-order valence-electron chi connectivity index (χ1n) is 5.19. The first-order valence-corrected chi connectivity index (χ1v) is 5.19. The highest BCUT2D eigenvalue weighted by Gasteiger charge is 2.17. The Morgan fingerprint density at radius 1 is 1.41 bits per heavy atom. The van der Waals surface area contributed by atoms with Gasteiger partial charge in [0.05, 0.1) is 13.2 Å². The normalized spacial score (nSPS) is 11.3. The maximum Gasteiger partial charge on any atom is 0.339 e. The SMILES string of the molecule is [C-]#[N+]/C(C(=O)OCC)=C(\O)Cc1ccccc1. The Labute approximate surface area is 100.0 Å². The maximum atomic E-state index is 11.4. The Balaban J connectivity index is 2.88. The van der Waals surface area contributed by atoms with Crippen molar-refractivity contribution in [3.05, 3.63) is 58.8 Å². The Bertz CT molecular complexity index is 457. The van der Waals surface area contributed by atoms with Gasteiger partial charge in [-0.3, -0.25) is 4.79 Å². The van der Waals surface area contributed by atoms with Crippen LogP contribution in [0.2, 0.25) is 0 Å². The van der Waals surface area contributed by atoms with E-state index in [1.807, 2.05) is 30.3 Å². The summed E-state index contributed by atoms with van der Waals surface area (Å²) >= 11 is 0. The summed E-state index contributed by atoms with van der Waals surface area (Å²) in [5, 5.41) is 9.72. The Hall–Kier alpha value is -2.28. The summed E-state index contributed by atoms with van der Waals surface area (Å²) in [7, 11) is 0. The van der Waals surface area contributed by atoms with Gasteiger partial charge in [-0.15, -0.1) is 0 Å². The number of hydrogen-bond acceptors (Lipinski definition) is 3. The van der Waals surface area contributed by atoms with Crippen LogP contribution < -0.4 is 0 Å². The van der Waals surface area contributed by atoms with Crippen LogP contribution in [0.5, 0.6) is 0 Å². The van der Waals surface area contributed by atoms with Gasteiger partial charge in [0, 0.05) is 6.42 Å². The molecule has 0 aliphatic heterocycles. The van der Waals surface area contributed by atoms with Gasteiger partial charge in [-0.05, 0) is 12.5 Å². The zero-order valence-corrected chi connectivity index (χ0v) is 9.51. The van der Waals surface area contributed by atoms with E-state index in [1.165, 1.54) is 0 Å². The summed E-state index contributed by atoms with van der Waals surface area (Å²) in [6.45, 7) is 8.69. The number of allylic oxidation sites excluding steroid dienone is 1. The molecule has 0 aromatic heterocycles. The van der Waals surface area contributed by atoms with Crippen LogP contribution in [-0.4, -0.2) is 17.7 Å². The van der Waals surface area contributed by atoms with Crippen LogP contribution in [0.4, 0.5) is 0 Å². The van der Waals surface area contributed by atoms with E-state index >= 15 is 0 Å². The minimum atomic E-state index is -0.782. The number of carbonyl (C=O) groups is 1. The fourth-order valence-corrected chi connectivity index (χ4v) is 1.30. The van der Waals surface area contributed by atoms with Crippen molar-refractivity contribution < 1.29 is 14.6 Å². The minimum absolute atomic E-state index is 0.150. The number of nitrogens with zero attached hydrogens (tertiary/aromatic N) is 1. The van der Waals surface area contributed by atoms with Crippen LogP contribution in [0.25, 0.3) is 4.85 Å². The number of hydrogen-bond donors (Lipinski definition) is 1. The van der Waals surface area contributed by atoms with E-state index < -0.39 is 5.97 Å². The third-order valence-corrected chi connectivity index (χ3v) is 2.07. The zero-order valence-electron chi connectivity index (χ0n) is 9.51. The van der Waals surface area contributed by atoms with Crippen LogP contribution in [-0.2, 0) is 16.0 Å². The van der Waals surface area contributed by atoms with Crippen LogP contribution in [0.3, 0.4) is 0 Å². The lowest BCUT2D eigenvalue weighted by Crippen LogP contribution is -2.08. The minimum Gasteiger partial charge on any atom is -0.523 e. The molecule has 0 saturated carbocycles. The number of benzene rings is 1. The summed E-state index contributed by atoms with van der Waals surface area (Å²) in [5.41, 5.74) is 0.478. The molecule has 1 N–H and O–H groups in total. The van der Waals surface area contributed by atoms with Crippen molar-refractivity contribution in [2.75, 3.05) is 6.61 Å². The van der Waals surface area contributed by atoms with Gasteiger partial charge in [0.2, 0.25) is 0 Å². The van der Waals surface area contributed by atoms with E-state index in [2.05, 4.69) is 9.58 Å². The van der Waals surface area contributed by atoms with Crippen molar-refractivity contribution in [1.29, 1.82) is 0 Å². The van der Waals surface area contributed by atoms with Crippen molar-refractivity contribution in [1.82, 2.24) is 0 Å². The van der Waals surface area contributed by atoms with Gasteiger partial charge in [0.15, 0.2) is 0 Å². The monoisotopic (exact) mass is 231 g/mol. The van der Waals surface area contributed by atoms with E-state index in [4.69, 9.17) is 6.57 Å². The fraction of sp³-hybridized carbons (Fsp3) is 0.231. The molecule has 0 heterocycles. The van der Waals surface area contributed by atoms with Crippen molar-refractivity contribution in [3.8, 4) is 0 Å². The molecule has 88 valence electrons. The highest BCUT2D eigenvalue weighted by atomic mass is 16.5. The molecule has 0 unspecified atom stereocenters. The average molecular weight is 231 g/mol. The number of carbonyl (C=O) groups excluding carboxylic acids is 1. The van der Waals surface area contributed by atoms with E-state index in [-0.39, 0.29) is 24.5 Å². The summed E-state index contributed by atoms with van der Waals surface area (Å²) < 4.78 is 4.68. The molecule has 0 aliphatic carbocycles. The molecular formula is C13H13NO3. The van der Waals surface area contributed by atoms with Crippen molar-refractivity contribution in [2.24, 2.45) is 0 Å². The van der Waals surface area contributed by atoms with Gasteiger partial charge in [0.25, 0.3) is 0 Å². The van der Waals surface area contributed by atoms with Gasteiger partial charge in [-0.1, -0.05) is 30.3 Å². The predicted octanol–water partition coefficient (Wildman–Crippen LogP) is 2.48. The van der Waals surface area contributed by atoms with E-state index in [0.29, 0.717) is 0 Å². The van der Waals surface area contributed by atoms with Crippen molar-refractivity contribution in [2.45, 2.75) is 13.3 Å². The maximum absolute atomic E-state index is 11.4. The van der Waals surface area contributed by atoms with E-state index in [0.717, 1.165) is 5.56 Å². The molecule has 0 aliphatic rings. The van der Waals surface area contributed by atoms with Crippen molar-refractivity contribution >= 4 is 5.97 Å². The van der Waals surface area contributed by atoms with E-state index in [9.17, 15) is 9.90 Å². The number of rotatable bonds is 4. The molecule has 1 aromatic rings. The van der Waals surface area contributed by atoms with Crippen LogP contribution in [0.15, 0.2) is 41.8 Å². The zero-order chi connectivity index (χ0) is 12.7. The van der Waals surface area contributed by atoms with Gasteiger partial charge >= 0.3 is 11.7 Å². The summed E-state index contributed by atoms with van der Waals surface area (Å²) in [5.74, 6) is -1.04. The molecule has 17 heavy (non-hydrogen) atoms. The largest absolute Gasteiger partial charge is 0.523 e. The molecule has 0 bridgehead atoms. The lowest BCUT2D eigenvalue weighted by Gasteiger charge is -2.04. The molecule has 0 amide bonds. The van der Waals surface area contributed by atoms with E-state index in [1.54, 1.807) is 6.92 Å². The van der Waals surface area contributed by atoms with Gasteiger partial charge in [0.1, 0.15) is 5.76 Å². The third kappa shape index (κ3) is 3.65. The summed E-state index contributed by atoms with van der Waals surface area (Å²) in [4.78, 5) is 14.4. The van der Waals surface area contributed by atoms with Crippen LogP contribution >= 0.6 is 0 Å². The highest BCUT2D eigenvalue weighted by molar-refractivity contribution is 5.90. The van der Waals surface area contributed by atoms with Crippen molar-refractivity contribution in [3.63, 3.8) is 0 Å². The van der Waals surface area contributed by atoms with Gasteiger partial charge in [-0.25, -0.2) is 4.85 Å². The number of esters is 1.